The zero-order valence-corrected chi connectivity index (χ0v) is 14.3. The average molecular weight is 326 g/mol. The molecule has 1 saturated carbocycles. The molecular weight excluding hydrogens is 300 g/mol. The van der Waals surface area contributed by atoms with Crippen LogP contribution in [0.15, 0.2) is 12.2 Å². The monoisotopic (exact) mass is 326 g/mol. The molecule has 0 N–H and O–H groups in total. The molecule has 1 amide bonds. The zero-order valence-electron chi connectivity index (χ0n) is 13.4. The molecule has 3 rings (SSSR count). The first-order chi connectivity index (χ1) is 10.4. The lowest BCUT2D eigenvalue weighted by Crippen LogP contribution is -2.47. The lowest BCUT2D eigenvalue weighted by Gasteiger charge is -2.33. The van der Waals surface area contributed by atoms with E-state index in [0.29, 0.717) is 24.8 Å². The van der Waals surface area contributed by atoms with Crippen molar-refractivity contribution in [2.75, 3.05) is 38.7 Å². The van der Waals surface area contributed by atoms with Gasteiger partial charge < -0.3 is 9.80 Å². The highest BCUT2D eigenvalue weighted by Crippen LogP contribution is 2.44. The molecule has 4 atom stereocenters. The molecule has 0 aromatic heterocycles. The Hall–Kier alpha value is -0.880. The summed E-state index contributed by atoms with van der Waals surface area (Å²) < 4.78 is 23.6. The molecule has 2 fully saturated rings. The van der Waals surface area contributed by atoms with Crippen molar-refractivity contribution in [3.63, 3.8) is 0 Å². The molecule has 3 aliphatic rings. The molecule has 5 nitrogen and oxygen atoms in total. The second-order valence-electron chi connectivity index (χ2n) is 7.28. The van der Waals surface area contributed by atoms with Crippen molar-refractivity contribution in [1.82, 2.24) is 9.80 Å². The smallest absolute Gasteiger partial charge is 0.226 e. The van der Waals surface area contributed by atoms with Gasteiger partial charge >= 0.3 is 0 Å². The third-order valence-electron chi connectivity index (χ3n) is 5.32. The number of nitrogens with zero attached hydrogens (tertiary/aromatic N) is 2. The Balaban J connectivity index is 1.73. The van der Waals surface area contributed by atoms with Crippen LogP contribution in [0, 0.1) is 17.8 Å². The van der Waals surface area contributed by atoms with Crippen LogP contribution in [0.1, 0.15) is 19.3 Å². The van der Waals surface area contributed by atoms with Gasteiger partial charge in [-0.15, -0.1) is 0 Å². The number of hydrogen-bond donors (Lipinski definition) is 0. The Morgan fingerprint density at radius 1 is 1.18 bits per heavy atom. The number of sulfone groups is 1. The van der Waals surface area contributed by atoms with Gasteiger partial charge in [-0.2, -0.15) is 0 Å². The Bertz CT molecular complexity index is 570. The fraction of sp³-hybridized carbons (Fsp3) is 0.812. The largest absolute Gasteiger partial charge is 0.337 e. The Labute approximate surface area is 133 Å². The van der Waals surface area contributed by atoms with Crippen molar-refractivity contribution in [3.8, 4) is 0 Å². The van der Waals surface area contributed by atoms with E-state index in [4.69, 9.17) is 0 Å². The first-order valence-electron chi connectivity index (χ1n) is 8.19. The summed E-state index contributed by atoms with van der Waals surface area (Å²) >= 11 is 0. The molecular formula is C16H26N2O3S. The van der Waals surface area contributed by atoms with E-state index >= 15 is 0 Å². The SMILES string of the molecule is CN(C)CCN(C(=O)C1CC2C=CC1C2)C1CCS(=O)(=O)C1. The van der Waals surface area contributed by atoms with E-state index in [0.717, 1.165) is 19.4 Å². The third kappa shape index (κ3) is 3.23. The van der Waals surface area contributed by atoms with Crippen LogP contribution in [-0.4, -0.2) is 68.9 Å². The van der Waals surface area contributed by atoms with Crippen molar-refractivity contribution in [2.24, 2.45) is 17.8 Å². The van der Waals surface area contributed by atoms with Gasteiger partial charge in [0.2, 0.25) is 5.91 Å². The lowest BCUT2D eigenvalue weighted by molar-refractivity contribution is -0.138. The van der Waals surface area contributed by atoms with E-state index < -0.39 is 9.84 Å². The topological polar surface area (TPSA) is 57.7 Å². The van der Waals surface area contributed by atoms with Crippen LogP contribution in [0.3, 0.4) is 0 Å². The molecule has 1 heterocycles. The number of allylic oxidation sites excluding steroid dienone is 2. The standard InChI is InChI=1S/C16H26N2O3S/c1-17(2)6-7-18(14-5-8-22(20,21)11-14)16(19)15-10-12-3-4-13(15)9-12/h3-4,12-15H,5-11H2,1-2H3. The molecule has 22 heavy (non-hydrogen) atoms. The quantitative estimate of drug-likeness (QED) is 0.701. The van der Waals surface area contributed by atoms with Gasteiger partial charge in [-0.1, -0.05) is 12.2 Å². The molecule has 0 aromatic carbocycles. The first kappa shape index (κ1) is 16.0. The number of rotatable bonds is 5. The van der Waals surface area contributed by atoms with E-state index in [-0.39, 0.29) is 29.4 Å². The van der Waals surface area contributed by atoms with Crippen LogP contribution < -0.4 is 0 Å². The van der Waals surface area contributed by atoms with Gasteiger partial charge in [0, 0.05) is 25.0 Å². The van der Waals surface area contributed by atoms with E-state index in [1.165, 1.54) is 0 Å². The minimum atomic E-state index is -2.97. The van der Waals surface area contributed by atoms with Crippen molar-refractivity contribution < 1.29 is 13.2 Å². The summed E-state index contributed by atoms with van der Waals surface area (Å²) in [4.78, 5) is 16.9. The summed E-state index contributed by atoms with van der Waals surface area (Å²) in [7, 11) is 0.993. The molecule has 1 aliphatic heterocycles. The second-order valence-corrected chi connectivity index (χ2v) is 9.51. The number of hydrogen-bond acceptors (Lipinski definition) is 4. The average Bonchev–Trinajstić information content (AvgIpc) is 3.13. The predicted octanol–water partition coefficient (Wildman–Crippen LogP) is 0.776. The normalized spacial score (nSPS) is 35.4. The predicted molar refractivity (Wildman–Crippen MR) is 86.2 cm³/mol. The molecule has 4 unspecified atom stereocenters. The van der Waals surface area contributed by atoms with Gasteiger partial charge in [-0.05, 0) is 45.2 Å². The van der Waals surface area contributed by atoms with Crippen molar-refractivity contribution >= 4 is 15.7 Å². The highest BCUT2D eigenvalue weighted by molar-refractivity contribution is 7.91. The number of carbonyl (C=O) groups excluding carboxylic acids is 1. The van der Waals surface area contributed by atoms with E-state index in [2.05, 4.69) is 12.2 Å². The highest BCUT2D eigenvalue weighted by Gasteiger charge is 2.44. The summed E-state index contributed by atoms with van der Waals surface area (Å²) in [6, 6.07) is -0.124. The molecule has 2 aliphatic carbocycles. The third-order valence-corrected chi connectivity index (χ3v) is 7.07. The van der Waals surface area contributed by atoms with E-state index in [1.807, 2.05) is 23.9 Å². The number of carbonyl (C=O) groups is 1. The minimum Gasteiger partial charge on any atom is -0.337 e. The maximum Gasteiger partial charge on any atom is 0.226 e. The first-order valence-corrected chi connectivity index (χ1v) is 10.0. The van der Waals surface area contributed by atoms with E-state index in [9.17, 15) is 13.2 Å². The fourth-order valence-electron chi connectivity index (χ4n) is 4.08. The van der Waals surface area contributed by atoms with Crippen LogP contribution in [-0.2, 0) is 14.6 Å². The lowest BCUT2D eigenvalue weighted by atomic mass is 9.91. The van der Waals surface area contributed by atoms with Gasteiger partial charge in [-0.25, -0.2) is 8.42 Å². The summed E-state index contributed by atoms with van der Waals surface area (Å²) in [6.45, 7) is 1.41. The molecule has 0 radical (unpaired) electrons. The number of likely N-dealkylation sites (N-methyl/N-ethyl adjacent to an activating group) is 1. The molecule has 0 aromatic rings. The summed E-state index contributed by atoms with van der Waals surface area (Å²) in [5.41, 5.74) is 0. The Morgan fingerprint density at radius 3 is 2.45 bits per heavy atom. The summed E-state index contributed by atoms with van der Waals surface area (Å²) in [6.07, 6.45) is 7.06. The van der Waals surface area contributed by atoms with Gasteiger partial charge in [0.25, 0.3) is 0 Å². The fourth-order valence-corrected chi connectivity index (χ4v) is 5.81. The van der Waals surface area contributed by atoms with Crippen LogP contribution in [0.4, 0.5) is 0 Å². The summed E-state index contributed by atoms with van der Waals surface area (Å²) in [5.74, 6) is 1.55. The van der Waals surface area contributed by atoms with Crippen molar-refractivity contribution in [2.45, 2.75) is 25.3 Å². The minimum absolute atomic E-state index is 0.0699. The Morgan fingerprint density at radius 2 is 1.95 bits per heavy atom. The maximum absolute atomic E-state index is 13.0. The summed E-state index contributed by atoms with van der Waals surface area (Å²) in [5, 5.41) is 0. The van der Waals surface area contributed by atoms with Gasteiger partial charge in [0.1, 0.15) is 0 Å². The molecule has 2 bridgehead atoms. The van der Waals surface area contributed by atoms with Crippen LogP contribution >= 0.6 is 0 Å². The van der Waals surface area contributed by atoms with Gasteiger partial charge in [0.15, 0.2) is 9.84 Å². The highest BCUT2D eigenvalue weighted by atomic mass is 32.2. The number of fused-ring (bicyclic) bond motifs is 2. The van der Waals surface area contributed by atoms with Crippen molar-refractivity contribution in [1.29, 1.82) is 0 Å². The van der Waals surface area contributed by atoms with Crippen LogP contribution in [0.5, 0.6) is 0 Å². The zero-order chi connectivity index (χ0) is 15.9. The van der Waals surface area contributed by atoms with Crippen LogP contribution in [0.2, 0.25) is 0 Å². The number of amides is 1. The molecule has 6 heteroatoms. The van der Waals surface area contributed by atoms with E-state index in [1.54, 1.807) is 0 Å². The van der Waals surface area contributed by atoms with Gasteiger partial charge in [-0.3, -0.25) is 4.79 Å². The molecule has 1 saturated heterocycles. The Kier molecular flexibility index (Phi) is 4.34. The van der Waals surface area contributed by atoms with Gasteiger partial charge in [0.05, 0.1) is 11.5 Å². The van der Waals surface area contributed by atoms with Crippen LogP contribution in [0.25, 0.3) is 0 Å². The molecule has 124 valence electrons. The molecule has 0 spiro atoms. The second kappa shape index (κ2) is 5.96. The van der Waals surface area contributed by atoms with Crippen molar-refractivity contribution in [3.05, 3.63) is 12.2 Å². The maximum atomic E-state index is 13.0.